The topological polar surface area (TPSA) is 72.2 Å². The van der Waals surface area contributed by atoms with Crippen molar-refractivity contribution in [1.29, 1.82) is 0 Å². The number of hydrogen-bond donors (Lipinski definition) is 2. The van der Waals surface area contributed by atoms with Crippen LogP contribution in [0, 0.1) is 11.7 Å². The fourth-order valence-corrected chi connectivity index (χ4v) is 3.53. The lowest BCUT2D eigenvalue weighted by molar-refractivity contribution is 0.465. The molecule has 1 unspecified atom stereocenters. The van der Waals surface area contributed by atoms with Gasteiger partial charge in [-0.05, 0) is 30.5 Å². The lowest BCUT2D eigenvalue weighted by atomic mass is 10.1. The van der Waals surface area contributed by atoms with E-state index in [-0.39, 0.29) is 34.9 Å². The minimum atomic E-state index is -3.79. The average Bonchev–Trinajstić information content (AvgIpc) is 2.26. The first kappa shape index (κ1) is 19.6. The molecule has 1 atom stereocenters. The van der Waals surface area contributed by atoms with E-state index in [9.17, 15) is 12.8 Å². The summed E-state index contributed by atoms with van der Waals surface area (Å²) in [6, 6.07) is 2.80. The summed E-state index contributed by atoms with van der Waals surface area (Å²) in [4.78, 5) is -0.141. The fraction of sp³-hybridized carbons (Fsp3) is 0.500. The van der Waals surface area contributed by atoms with Crippen LogP contribution in [0.5, 0.6) is 0 Å². The van der Waals surface area contributed by atoms with Crippen LogP contribution in [0.25, 0.3) is 0 Å². The van der Waals surface area contributed by atoms with Crippen LogP contribution >= 0.6 is 24.0 Å². The minimum absolute atomic E-state index is 0. The molecule has 0 bridgehead atoms. The van der Waals surface area contributed by atoms with Crippen LogP contribution in [0.1, 0.15) is 20.3 Å². The molecule has 1 rings (SSSR count). The first-order valence-corrected chi connectivity index (χ1v) is 7.80. The van der Waals surface area contributed by atoms with Gasteiger partial charge in [0.05, 0.1) is 5.02 Å². The molecule has 0 fully saturated rings. The second-order valence-corrected chi connectivity index (χ2v) is 6.85. The van der Waals surface area contributed by atoms with Crippen LogP contribution in [0.3, 0.4) is 0 Å². The van der Waals surface area contributed by atoms with Crippen molar-refractivity contribution in [2.24, 2.45) is 11.7 Å². The first-order valence-electron chi connectivity index (χ1n) is 5.93. The molecular weight excluding hydrogens is 326 g/mol. The highest BCUT2D eigenvalue weighted by molar-refractivity contribution is 7.89. The molecule has 0 aromatic heterocycles. The van der Waals surface area contributed by atoms with E-state index in [2.05, 4.69) is 4.72 Å². The summed E-state index contributed by atoms with van der Waals surface area (Å²) in [6.07, 6.45) is 0.620. The largest absolute Gasteiger partial charge is 0.329 e. The van der Waals surface area contributed by atoms with Gasteiger partial charge in [0, 0.05) is 12.6 Å². The summed E-state index contributed by atoms with van der Waals surface area (Å²) < 4.78 is 39.7. The van der Waals surface area contributed by atoms with E-state index in [4.69, 9.17) is 17.3 Å². The lowest BCUT2D eigenvalue weighted by Gasteiger charge is -2.19. The summed E-state index contributed by atoms with van der Waals surface area (Å²) >= 11 is 5.76. The maximum atomic E-state index is 12.9. The third kappa shape index (κ3) is 5.54. The maximum Gasteiger partial charge on any atom is 0.242 e. The van der Waals surface area contributed by atoms with Crippen LogP contribution in [0.2, 0.25) is 5.02 Å². The van der Waals surface area contributed by atoms with Crippen molar-refractivity contribution in [2.45, 2.75) is 31.2 Å². The summed E-state index contributed by atoms with van der Waals surface area (Å²) in [7, 11) is -3.79. The predicted molar refractivity (Wildman–Crippen MR) is 81.3 cm³/mol. The standard InChI is InChI=1S/C12H18ClFN2O2S.ClH/c1-8(2)5-10(7-15)16-19(17,18)12-4-3-9(14)6-11(12)13;/h3-4,6,8,10,16H,5,7,15H2,1-2H3;1H. The van der Waals surface area contributed by atoms with E-state index in [1.165, 1.54) is 0 Å². The van der Waals surface area contributed by atoms with Gasteiger partial charge in [-0.3, -0.25) is 0 Å². The Morgan fingerprint density at radius 1 is 1.40 bits per heavy atom. The summed E-state index contributed by atoms with van der Waals surface area (Å²) in [5, 5.41) is -0.146. The number of halogens is 3. The van der Waals surface area contributed by atoms with Gasteiger partial charge in [0.15, 0.2) is 0 Å². The molecule has 0 radical (unpaired) electrons. The molecular formula is C12H19Cl2FN2O2S. The zero-order valence-corrected chi connectivity index (χ0v) is 13.7. The molecule has 0 aliphatic rings. The molecule has 20 heavy (non-hydrogen) atoms. The molecule has 0 aliphatic heterocycles. The molecule has 1 aromatic carbocycles. The molecule has 0 saturated heterocycles. The average molecular weight is 345 g/mol. The summed E-state index contributed by atoms with van der Waals surface area (Å²) in [6.45, 7) is 4.14. The minimum Gasteiger partial charge on any atom is -0.329 e. The van der Waals surface area contributed by atoms with Crippen molar-refractivity contribution in [1.82, 2.24) is 4.72 Å². The number of rotatable bonds is 6. The molecule has 116 valence electrons. The Kier molecular flexibility index (Phi) is 7.98. The van der Waals surface area contributed by atoms with Crippen LogP contribution < -0.4 is 10.5 Å². The van der Waals surface area contributed by atoms with Crippen molar-refractivity contribution < 1.29 is 12.8 Å². The van der Waals surface area contributed by atoms with Crippen molar-refractivity contribution in [2.75, 3.05) is 6.54 Å². The molecule has 1 aromatic rings. The van der Waals surface area contributed by atoms with Gasteiger partial charge in [-0.15, -0.1) is 12.4 Å². The van der Waals surface area contributed by atoms with E-state index in [1.54, 1.807) is 0 Å². The molecule has 0 heterocycles. The smallest absolute Gasteiger partial charge is 0.242 e. The van der Waals surface area contributed by atoms with Crippen molar-refractivity contribution in [3.05, 3.63) is 29.0 Å². The van der Waals surface area contributed by atoms with Gasteiger partial charge >= 0.3 is 0 Å². The molecule has 8 heteroatoms. The lowest BCUT2D eigenvalue weighted by Crippen LogP contribution is -2.41. The maximum absolute atomic E-state index is 12.9. The zero-order valence-electron chi connectivity index (χ0n) is 11.3. The molecule has 0 saturated carbocycles. The van der Waals surface area contributed by atoms with E-state index < -0.39 is 15.8 Å². The van der Waals surface area contributed by atoms with E-state index >= 15 is 0 Å². The van der Waals surface area contributed by atoms with Crippen molar-refractivity contribution in [3.8, 4) is 0 Å². The summed E-state index contributed by atoms with van der Waals surface area (Å²) in [5.74, 6) is -0.276. The summed E-state index contributed by atoms with van der Waals surface area (Å²) in [5.41, 5.74) is 5.55. The van der Waals surface area contributed by atoms with Gasteiger partial charge < -0.3 is 5.73 Å². The number of nitrogens with one attached hydrogen (secondary N) is 1. The van der Waals surface area contributed by atoms with E-state index in [0.29, 0.717) is 12.3 Å². The van der Waals surface area contributed by atoms with Crippen LogP contribution in [-0.4, -0.2) is 21.0 Å². The van der Waals surface area contributed by atoms with Crippen LogP contribution in [0.4, 0.5) is 4.39 Å². The van der Waals surface area contributed by atoms with Gasteiger partial charge in [-0.25, -0.2) is 17.5 Å². The highest BCUT2D eigenvalue weighted by Gasteiger charge is 2.22. The highest BCUT2D eigenvalue weighted by Crippen LogP contribution is 2.22. The van der Waals surface area contributed by atoms with E-state index in [1.807, 2.05) is 13.8 Å². The normalized spacial score (nSPS) is 13.1. The molecule has 3 N–H and O–H groups in total. The van der Waals surface area contributed by atoms with Gasteiger partial charge in [-0.1, -0.05) is 25.4 Å². The van der Waals surface area contributed by atoms with Gasteiger partial charge in [0.2, 0.25) is 10.0 Å². The van der Waals surface area contributed by atoms with Gasteiger partial charge in [0.25, 0.3) is 0 Å². The van der Waals surface area contributed by atoms with E-state index in [0.717, 1.165) is 18.2 Å². The van der Waals surface area contributed by atoms with Crippen LogP contribution in [0.15, 0.2) is 23.1 Å². The Morgan fingerprint density at radius 2 is 2.00 bits per heavy atom. The Balaban J connectivity index is 0.00000361. The molecule has 0 aliphatic carbocycles. The van der Waals surface area contributed by atoms with Crippen molar-refractivity contribution in [3.63, 3.8) is 0 Å². The monoisotopic (exact) mass is 344 g/mol. The quantitative estimate of drug-likeness (QED) is 0.832. The zero-order chi connectivity index (χ0) is 14.6. The first-order chi connectivity index (χ1) is 8.76. The Labute approximate surface area is 130 Å². The molecule has 4 nitrogen and oxygen atoms in total. The SMILES string of the molecule is CC(C)CC(CN)NS(=O)(=O)c1ccc(F)cc1Cl.Cl. The Morgan fingerprint density at radius 3 is 2.45 bits per heavy atom. The third-order valence-electron chi connectivity index (χ3n) is 2.55. The van der Waals surface area contributed by atoms with Crippen molar-refractivity contribution >= 4 is 34.0 Å². The second kappa shape index (κ2) is 8.14. The van der Waals surface area contributed by atoms with Gasteiger partial charge in [0.1, 0.15) is 10.7 Å². The fourth-order valence-electron chi connectivity index (χ4n) is 1.74. The Bertz CT molecular complexity index is 538. The number of hydrogen-bond acceptors (Lipinski definition) is 3. The third-order valence-corrected chi connectivity index (χ3v) is 4.55. The Hall–Kier alpha value is -0.400. The molecule has 0 amide bonds. The second-order valence-electron chi connectivity index (χ2n) is 4.76. The number of nitrogens with two attached hydrogens (primary N) is 1. The number of sulfonamides is 1. The van der Waals surface area contributed by atoms with Gasteiger partial charge in [-0.2, -0.15) is 0 Å². The number of benzene rings is 1. The predicted octanol–water partition coefficient (Wildman–Crippen LogP) is 2.55. The van der Waals surface area contributed by atoms with Crippen LogP contribution in [-0.2, 0) is 10.0 Å². The molecule has 0 spiro atoms. The highest BCUT2D eigenvalue weighted by atomic mass is 35.5.